The van der Waals surface area contributed by atoms with Crippen LogP contribution in [-0.2, 0) is 6.42 Å². The minimum Gasteiger partial charge on any atom is -0.497 e. The maximum absolute atomic E-state index is 12.5. The van der Waals surface area contributed by atoms with Gasteiger partial charge in [-0.1, -0.05) is 50.7 Å². The number of benzene rings is 2. The maximum Gasteiger partial charge on any atom is 0.166 e. The van der Waals surface area contributed by atoms with Crippen molar-refractivity contribution in [2.75, 3.05) is 21.3 Å². The Labute approximate surface area is 181 Å². The van der Waals surface area contributed by atoms with Gasteiger partial charge in [-0.15, -0.1) is 0 Å². The van der Waals surface area contributed by atoms with Crippen molar-refractivity contribution in [3.63, 3.8) is 0 Å². The fourth-order valence-electron chi connectivity index (χ4n) is 3.63. The number of hydrogen-bond donors (Lipinski definition) is 0. The van der Waals surface area contributed by atoms with E-state index in [-0.39, 0.29) is 5.78 Å². The molecule has 164 valence electrons. The molecule has 0 saturated heterocycles. The molecule has 0 aromatic heterocycles. The van der Waals surface area contributed by atoms with Gasteiger partial charge in [-0.3, -0.25) is 4.79 Å². The molecule has 0 N–H and O–H groups in total. The minimum absolute atomic E-state index is 0.129. The first-order chi connectivity index (χ1) is 14.7. The van der Waals surface area contributed by atoms with Gasteiger partial charge in [0.05, 0.1) is 26.9 Å². The van der Waals surface area contributed by atoms with Gasteiger partial charge in [0.25, 0.3) is 0 Å². The smallest absolute Gasteiger partial charge is 0.166 e. The van der Waals surface area contributed by atoms with Crippen LogP contribution in [0.4, 0.5) is 0 Å². The molecule has 2 rings (SSSR count). The third-order valence-electron chi connectivity index (χ3n) is 5.49. The summed E-state index contributed by atoms with van der Waals surface area (Å²) in [5.41, 5.74) is 2.00. The molecule has 0 bridgehead atoms. The van der Waals surface area contributed by atoms with E-state index in [0.29, 0.717) is 23.5 Å². The lowest BCUT2D eigenvalue weighted by atomic mass is 10.0. The molecule has 30 heavy (non-hydrogen) atoms. The number of hydrogen-bond acceptors (Lipinski definition) is 4. The zero-order valence-electron chi connectivity index (χ0n) is 18.7. The number of ketones is 1. The Morgan fingerprint density at radius 1 is 0.667 bits per heavy atom. The SMILES string of the molecule is COc1ccc(CCCCCCCCCCC(=O)c2cc(OC)ccc2OC)cc1. The van der Waals surface area contributed by atoms with E-state index in [1.165, 1.54) is 44.1 Å². The molecule has 0 aliphatic rings. The molecule has 4 heteroatoms. The summed E-state index contributed by atoms with van der Waals surface area (Å²) >= 11 is 0. The average molecular weight is 413 g/mol. The first kappa shape index (κ1) is 23.8. The van der Waals surface area contributed by atoms with Crippen molar-refractivity contribution in [3.8, 4) is 17.2 Å². The topological polar surface area (TPSA) is 44.8 Å². The highest BCUT2D eigenvalue weighted by molar-refractivity contribution is 5.99. The van der Waals surface area contributed by atoms with E-state index >= 15 is 0 Å². The second-order valence-electron chi connectivity index (χ2n) is 7.67. The number of rotatable bonds is 15. The molecule has 0 fully saturated rings. The largest absolute Gasteiger partial charge is 0.497 e. The monoisotopic (exact) mass is 412 g/mol. The molecule has 0 radical (unpaired) electrons. The van der Waals surface area contributed by atoms with Crippen LogP contribution in [0.2, 0.25) is 0 Å². The Balaban J connectivity index is 1.52. The molecule has 2 aromatic carbocycles. The lowest BCUT2D eigenvalue weighted by Gasteiger charge is -2.09. The summed E-state index contributed by atoms with van der Waals surface area (Å²) in [7, 11) is 4.90. The van der Waals surface area contributed by atoms with E-state index < -0.39 is 0 Å². The molecule has 2 aromatic rings. The van der Waals surface area contributed by atoms with E-state index in [2.05, 4.69) is 12.1 Å². The molecule has 0 aliphatic heterocycles. The van der Waals surface area contributed by atoms with Gasteiger partial charge < -0.3 is 14.2 Å². The summed E-state index contributed by atoms with van der Waals surface area (Å²) in [6.45, 7) is 0. The first-order valence-corrected chi connectivity index (χ1v) is 11.1. The highest BCUT2D eigenvalue weighted by atomic mass is 16.5. The molecule has 0 heterocycles. The number of Topliss-reactive ketones (excluding diaryl/α,β-unsaturated/α-hetero) is 1. The number of unbranched alkanes of at least 4 members (excludes halogenated alkanes) is 7. The van der Waals surface area contributed by atoms with Gasteiger partial charge in [0, 0.05) is 6.42 Å². The van der Waals surface area contributed by atoms with Crippen molar-refractivity contribution in [1.82, 2.24) is 0 Å². The summed E-state index contributed by atoms with van der Waals surface area (Å²) < 4.78 is 15.7. The zero-order chi connectivity index (χ0) is 21.6. The van der Waals surface area contributed by atoms with Crippen molar-refractivity contribution in [3.05, 3.63) is 53.6 Å². The molecule has 0 saturated carbocycles. The first-order valence-electron chi connectivity index (χ1n) is 11.1. The van der Waals surface area contributed by atoms with Crippen LogP contribution in [0.15, 0.2) is 42.5 Å². The van der Waals surface area contributed by atoms with Crippen molar-refractivity contribution in [2.45, 2.75) is 64.2 Å². The number of ether oxygens (including phenoxy) is 3. The quantitative estimate of drug-likeness (QED) is 0.243. The second-order valence-corrected chi connectivity index (χ2v) is 7.67. The number of carbonyl (C=O) groups excluding carboxylic acids is 1. The summed E-state index contributed by atoms with van der Waals surface area (Å²) in [6.07, 6.45) is 11.3. The van der Waals surface area contributed by atoms with Gasteiger partial charge in [0.2, 0.25) is 0 Å². The van der Waals surface area contributed by atoms with Gasteiger partial charge in [0.15, 0.2) is 5.78 Å². The standard InChI is InChI=1S/C26H36O4/c1-28-22-16-14-21(15-17-22)12-10-8-6-4-5-7-9-11-13-25(27)24-20-23(29-2)18-19-26(24)30-3/h14-20H,4-13H2,1-3H3. The Kier molecular flexibility index (Phi) is 10.8. The summed E-state index contributed by atoms with van der Waals surface area (Å²) in [5.74, 6) is 2.36. The van der Waals surface area contributed by atoms with Crippen molar-refractivity contribution < 1.29 is 19.0 Å². The summed E-state index contributed by atoms with van der Waals surface area (Å²) in [5, 5.41) is 0. The Bertz CT molecular complexity index is 752. The van der Waals surface area contributed by atoms with E-state index in [4.69, 9.17) is 14.2 Å². The van der Waals surface area contributed by atoms with Crippen LogP contribution in [-0.4, -0.2) is 27.1 Å². The van der Waals surface area contributed by atoms with Crippen LogP contribution in [0.25, 0.3) is 0 Å². The molecule has 0 atom stereocenters. The number of aryl methyl sites for hydroxylation is 1. The van der Waals surface area contributed by atoms with Crippen LogP contribution in [0.1, 0.15) is 73.7 Å². The second kappa shape index (κ2) is 13.7. The van der Waals surface area contributed by atoms with Crippen molar-refractivity contribution >= 4 is 5.78 Å². The molecule has 4 nitrogen and oxygen atoms in total. The predicted octanol–water partition coefficient (Wildman–Crippen LogP) is 6.65. The van der Waals surface area contributed by atoms with E-state index in [9.17, 15) is 4.79 Å². The number of methoxy groups -OCH3 is 3. The van der Waals surface area contributed by atoms with Crippen LogP contribution in [0.5, 0.6) is 17.2 Å². The van der Waals surface area contributed by atoms with Crippen LogP contribution < -0.4 is 14.2 Å². The van der Waals surface area contributed by atoms with Gasteiger partial charge in [0.1, 0.15) is 17.2 Å². The summed E-state index contributed by atoms with van der Waals surface area (Å²) in [6, 6.07) is 13.7. The molecule has 0 amide bonds. The minimum atomic E-state index is 0.129. The summed E-state index contributed by atoms with van der Waals surface area (Å²) in [4.78, 5) is 12.5. The van der Waals surface area contributed by atoms with Crippen LogP contribution >= 0.6 is 0 Å². The van der Waals surface area contributed by atoms with Gasteiger partial charge >= 0.3 is 0 Å². The van der Waals surface area contributed by atoms with Crippen LogP contribution in [0, 0.1) is 0 Å². The molecule has 0 spiro atoms. The van der Waals surface area contributed by atoms with E-state index in [1.807, 2.05) is 18.2 Å². The normalized spacial score (nSPS) is 10.6. The van der Waals surface area contributed by atoms with E-state index in [0.717, 1.165) is 25.0 Å². The molecule has 0 unspecified atom stereocenters. The highest BCUT2D eigenvalue weighted by Gasteiger charge is 2.13. The predicted molar refractivity (Wildman–Crippen MR) is 122 cm³/mol. The Morgan fingerprint density at radius 2 is 1.23 bits per heavy atom. The lowest BCUT2D eigenvalue weighted by molar-refractivity contribution is 0.0975. The highest BCUT2D eigenvalue weighted by Crippen LogP contribution is 2.26. The lowest BCUT2D eigenvalue weighted by Crippen LogP contribution is -2.03. The molecular formula is C26H36O4. The van der Waals surface area contributed by atoms with Gasteiger partial charge in [-0.2, -0.15) is 0 Å². The molecular weight excluding hydrogens is 376 g/mol. The third-order valence-corrected chi connectivity index (χ3v) is 5.49. The number of carbonyl (C=O) groups is 1. The van der Waals surface area contributed by atoms with Crippen molar-refractivity contribution in [2.24, 2.45) is 0 Å². The Hall–Kier alpha value is -2.49. The van der Waals surface area contributed by atoms with Gasteiger partial charge in [-0.25, -0.2) is 0 Å². The van der Waals surface area contributed by atoms with Crippen LogP contribution in [0.3, 0.4) is 0 Å². The Morgan fingerprint density at radius 3 is 1.83 bits per heavy atom. The third kappa shape index (κ3) is 8.10. The van der Waals surface area contributed by atoms with Gasteiger partial charge in [-0.05, 0) is 55.2 Å². The van der Waals surface area contributed by atoms with E-state index in [1.54, 1.807) is 33.5 Å². The average Bonchev–Trinajstić information content (AvgIpc) is 2.80. The molecule has 0 aliphatic carbocycles. The maximum atomic E-state index is 12.5. The zero-order valence-corrected chi connectivity index (χ0v) is 18.7. The fourth-order valence-corrected chi connectivity index (χ4v) is 3.63. The fraction of sp³-hybridized carbons (Fsp3) is 0.500. The van der Waals surface area contributed by atoms with Crippen molar-refractivity contribution in [1.29, 1.82) is 0 Å².